The van der Waals surface area contributed by atoms with E-state index >= 15 is 0 Å². The van der Waals surface area contributed by atoms with Crippen molar-refractivity contribution in [1.29, 1.82) is 0 Å². The van der Waals surface area contributed by atoms with Crippen molar-refractivity contribution in [3.05, 3.63) is 36.0 Å². The summed E-state index contributed by atoms with van der Waals surface area (Å²) in [5.41, 5.74) is -0.393. The number of hydrogen-bond acceptors (Lipinski definition) is 5. The lowest BCUT2D eigenvalue weighted by atomic mass is 9.96. The highest BCUT2D eigenvalue weighted by Crippen LogP contribution is 2.31. The van der Waals surface area contributed by atoms with Gasteiger partial charge in [0.05, 0.1) is 7.11 Å². The van der Waals surface area contributed by atoms with Gasteiger partial charge in [0.1, 0.15) is 11.6 Å². The molecule has 1 heterocycles. The van der Waals surface area contributed by atoms with Crippen LogP contribution >= 0.6 is 0 Å². The molecule has 1 aliphatic carbocycles. The van der Waals surface area contributed by atoms with Gasteiger partial charge < -0.3 is 15.4 Å². The Bertz CT molecular complexity index is 745. The molecule has 0 atom stereocenters. The molecule has 2 N–H and O–H groups in total. The molecule has 1 aromatic heterocycles. The minimum atomic E-state index is -4.54. The summed E-state index contributed by atoms with van der Waals surface area (Å²) >= 11 is 0. The number of nitrogens with one attached hydrogen (secondary N) is 2. The van der Waals surface area contributed by atoms with E-state index in [4.69, 9.17) is 4.74 Å². The maximum Gasteiger partial charge on any atom is 0.433 e. The van der Waals surface area contributed by atoms with Crippen LogP contribution in [0.15, 0.2) is 30.3 Å². The Kier molecular flexibility index (Phi) is 5.49. The molecule has 0 spiro atoms. The van der Waals surface area contributed by atoms with Gasteiger partial charge in [0, 0.05) is 23.9 Å². The van der Waals surface area contributed by atoms with Gasteiger partial charge in [-0.25, -0.2) is 4.98 Å². The summed E-state index contributed by atoms with van der Waals surface area (Å²) in [4.78, 5) is 7.88. The predicted molar refractivity (Wildman–Crippen MR) is 93.8 cm³/mol. The first-order valence-electron chi connectivity index (χ1n) is 8.58. The van der Waals surface area contributed by atoms with E-state index in [1.54, 1.807) is 24.3 Å². The second kappa shape index (κ2) is 7.80. The van der Waals surface area contributed by atoms with E-state index in [0.717, 1.165) is 38.2 Å². The van der Waals surface area contributed by atoms with E-state index in [1.165, 1.54) is 7.11 Å². The Morgan fingerprint density at radius 3 is 2.54 bits per heavy atom. The van der Waals surface area contributed by atoms with E-state index in [0.29, 0.717) is 11.4 Å². The van der Waals surface area contributed by atoms with E-state index < -0.39 is 11.9 Å². The van der Waals surface area contributed by atoms with Crippen molar-refractivity contribution >= 4 is 17.5 Å². The summed E-state index contributed by atoms with van der Waals surface area (Å²) in [5, 5.41) is 5.95. The SMILES string of the molecule is COc1cccc(Nc2cc(C(F)(F)F)nc(NC3CCCCC3)n2)c1. The molecule has 3 rings (SSSR count). The average molecular weight is 366 g/mol. The van der Waals surface area contributed by atoms with Crippen LogP contribution < -0.4 is 15.4 Å². The summed E-state index contributed by atoms with van der Waals surface area (Å²) in [6.07, 6.45) is 0.564. The Labute approximate surface area is 150 Å². The van der Waals surface area contributed by atoms with Crippen LogP contribution in [0.25, 0.3) is 0 Å². The summed E-state index contributed by atoms with van der Waals surface area (Å²) in [6.45, 7) is 0. The highest BCUT2D eigenvalue weighted by molar-refractivity contribution is 5.59. The zero-order valence-electron chi connectivity index (χ0n) is 14.4. The second-order valence-electron chi connectivity index (χ2n) is 6.30. The fraction of sp³-hybridized carbons (Fsp3) is 0.444. The molecule has 1 aromatic carbocycles. The number of rotatable bonds is 5. The second-order valence-corrected chi connectivity index (χ2v) is 6.30. The van der Waals surface area contributed by atoms with Crippen LogP contribution in [0.1, 0.15) is 37.8 Å². The Morgan fingerprint density at radius 1 is 1.08 bits per heavy atom. The van der Waals surface area contributed by atoms with Gasteiger partial charge in [-0.3, -0.25) is 0 Å². The fourth-order valence-corrected chi connectivity index (χ4v) is 3.00. The lowest BCUT2D eigenvalue weighted by Crippen LogP contribution is -2.24. The molecule has 0 amide bonds. The molecule has 0 unspecified atom stereocenters. The molecule has 26 heavy (non-hydrogen) atoms. The first kappa shape index (κ1) is 18.3. The fourth-order valence-electron chi connectivity index (χ4n) is 3.00. The molecule has 1 fully saturated rings. The van der Waals surface area contributed by atoms with Crippen molar-refractivity contribution in [3.8, 4) is 5.75 Å². The number of methoxy groups -OCH3 is 1. The topological polar surface area (TPSA) is 59.1 Å². The van der Waals surface area contributed by atoms with E-state index in [9.17, 15) is 13.2 Å². The van der Waals surface area contributed by atoms with Crippen LogP contribution in [0.5, 0.6) is 5.75 Å². The third kappa shape index (κ3) is 4.77. The molecule has 1 aliphatic rings. The van der Waals surface area contributed by atoms with E-state index in [1.807, 2.05) is 0 Å². The number of nitrogens with zero attached hydrogens (tertiary/aromatic N) is 2. The lowest BCUT2D eigenvalue weighted by molar-refractivity contribution is -0.141. The first-order valence-corrected chi connectivity index (χ1v) is 8.58. The summed E-state index contributed by atoms with van der Waals surface area (Å²) in [6, 6.07) is 7.93. The molecule has 1 saturated carbocycles. The van der Waals surface area contributed by atoms with Crippen molar-refractivity contribution < 1.29 is 17.9 Å². The highest BCUT2D eigenvalue weighted by Gasteiger charge is 2.34. The van der Waals surface area contributed by atoms with Gasteiger partial charge in [-0.2, -0.15) is 18.2 Å². The minimum Gasteiger partial charge on any atom is -0.497 e. The van der Waals surface area contributed by atoms with Crippen molar-refractivity contribution in [2.75, 3.05) is 17.7 Å². The van der Waals surface area contributed by atoms with Gasteiger partial charge in [0.25, 0.3) is 0 Å². The van der Waals surface area contributed by atoms with Crippen molar-refractivity contribution in [2.24, 2.45) is 0 Å². The van der Waals surface area contributed by atoms with Crippen LogP contribution in [0.4, 0.5) is 30.6 Å². The summed E-state index contributed by atoms with van der Waals surface area (Å²) < 4.78 is 44.8. The molecule has 0 saturated heterocycles. The van der Waals surface area contributed by atoms with E-state index in [-0.39, 0.29) is 17.8 Å². The molecule has 2 aromatic rings. The zero-order valence-corrected chi connectivity index (χ0v) is 14.4. The smallest absolute Gasteiger partial charge is 0.433 e. The van der Waals surface area contributed by atoms with Crippen molar-refractivity contribution in [1.82, 2.24) is 9.97 Å². The van der Waals surface area contributed by atoms with Crippen molar-refractivity contribution in [3.63, 3.8) is 0 Å². The molecule has 8 heteroatoms. The first-order chi connectivity index (χ1) is 12.4. The van der Waals surface area contributed by atoms with Crippen molar-refractivity contribution in [2.45, 2.75) is 44.3 Å². The van der Waals surface area contributed by atoms with Crippen LogP contribution in [-0.4, -0.2) is 23.1 Å². The van der Waals surface area contributed by atoms with Gasteiger partial charge >= 0.3 is 6.18 Å². The molecule has 0 radical (unpaired) electrons. The maximum atomic E-state index is 13.2. The standard InChI is InChI=1S/C18H21F3N4O/c1-26-14-9-5-8-13(10-14)22-16-11-15(18(19,20)21)24-17(25-16)23-12-6-3-2-4-7-12/h5,8-12H,2-4,6-7H2,1H3,(H2,22,23,24,25). The monoisotopic (exact) mass is 366 g/mol. The molecule has 140 valence electrons. The van der Waals surface area contributed by atoms with Crippen LogP contribution in [0.3, 0.4) is 0 Å². The molecular weight excluding hydrogens is 345 g/mol. The molecule has 5 nitrogen and oxygen atoms in total. The predicted octanol–water partition coefficient (Wildman–Crippen LogP) is 4.99. The molecule has 0 bridgehead atoms. The van der Waals surface area contributed by atoms with Crippen LogP contribution in [0, 0.1) is 0 Å². The highest BCUT2D eigenvalue weighted by atomic mass is 19.4. The number of hydrogen-bond donors (Lipinski definition) is 2. The average Bonchev–Trinajstić information content (AvgIpc) is 2.62. The van der Waals surface area contributed by atoms with Gasteiger partial charge in [-0.1, -0.05) is 25.3 Å². The molecular formula is C18H21F3N4O. The van der Waals surface area contributed by atoms with Gasteiger partial charge in [0.2, 0.25) is 5.95 Å². The lowest BCUT2D eigenvalue weighted by Gasteiger charge is -2.23. The summed E-state index contributed by atoms with van der Waals surface area (Å²) in [5.74, 6) is 0.677. The number of aromatic nitrogens is 2. The quantitative estimate of drug-likeness (QED) is 0.780. The van der Waals surface area contributed by atoms with Gasteiger partial charge in [0.15, 0.2) is 5.69 Å². The third-order valence-electron chi connectivity index (χ3n) is 4.30. The Morgan fingerprint density at radius 2 is 1.85 bits per heavy atom. The van der Waals surface area contributed by atoms with Crippen LogP contribution in [-0.2, 0) is 6.18 Å². The Balaban J connectivity index is 1.86. The zero-order chi connectivity index (χ0) is 18.6. The number of benzene rings is 1. The number of alkyl halides is 3. The van der Waals surface area contributed by atoms with Crippen LogP contribution in [0.2, 0.25) is 0 Å². The normalized spacial score (nSPS) is 15.5. The van der Waals surface area contributed by atoms with Gasteiger partial charge in [-0.15, -0.1) is 0 Å². The Hall–Kier alpha value is -2.51. The van der Waals surface area contributed by atoms with E-state index in [2.05, 4.69) is 20.6 Å². The van der Waals surface area contributed by atoms with Gasteiger partial charge in [-0.05, 0) is 25.0 Å². The molecule has 0 aliphatic heterocycles. The minimum absolute atomic E-state index is 0.00267. The number of halogens is 3. The third-order valence-corrected chi connectivity index (χ3v) is 4.30. The number of anilines is 3. The largest absolute Gasteiger partial charge is 0.497 e. The number of ether oxygens (including phenoxy) is 1. The maximum absolute atomic E-state index is 13.2. The summed E-state index contributed by atoms with van der Waals surface area (Å²) in [7, 11) is 1.53.